The fraction of sp³-hybridized carbons (Fsp3) is 0. The second kappa shape index (κ2) is 17.2. The van der Waals surface area contributed by atoms with Crippen molar-refractivity contribution in [1.82, 2.24) is 0 Å². The van der Waals surface area contributed by atoms with Gasteiger partial charge in [0.25, 0.3) is 0 Å². The monoisotopic (exact) mass is 212 g/mol. The van der Waals surface area contributed by atoms with Crippen molar-refractivity contribution in [2.45, 2.75) is 0 Å². The molecule has 0 N–H and O–H groups in total. The molecule has 0 fully saturated rings. The summed E-state index contributed by atoms with van der Waals surface area (Å²) >= 11 is 8.53. The molecule has 0 aliphatic rings. The van der Waals surface area contributed by atoms with Crippen molar-refractivity contribution in [3.63, 3.8) is 0 Å². The van der Waals surface area contributed by atoms with Crippen molar-refractivity contribution in [2.24, 2.45) is 0 Å². The predicted octanol–water partition coefficient (Wildman–Crippen LogP) is 1.73. The van der Waals surface area contributed by atoms with Gasteiger partial charge in [-0.1, -0.05) is 0 Å². The van der Waals surface area contributed by atoms with Crippen LogP contribution in [0.2, 0.25) is 0 Å². The van der Waals surface area contributed by atoms with Crippen molar-refractivity contribution >= 4 is 36.1 Å². The molecular formula is HCl3OZr. The van der Waals surface area contributed by atoms with E-state index in [1.54, 1.807) is 0 Å². The Morgan fingerprint density at radius 2 is 1.20 bits per heavy atom. The summed E-state index contributed by atoms with van der Waals surface area (Å²) in [7, 11) is 0. The van der Waals surface area contributed by atoms with E-state index in [-0.39, 0.29) is 38.6 Å². The van der Waals surface area contributed by atoms with Crippen LogP contribution in [-0.2, 0) is 30.0 Å². The first-order valence-corrected chi connectivity index (χ1v) is 0.926. The van der Waals surface area contributed by atoms with E-state index in [2.05, 4.69) is 27.6 Å². The summed E-state index contributed by atoms with van der Waals surface area (Å²) in [6.45, 7) is 0. The van der Waals surface area contributed by atoms with Gasteiger partial charge >= 0.3 is 0 Å². The van der Waals surface area contributed by atoms with Gasteiger partial charge < -0.3 is 0 Å². The Labute approximate surface area is 65.8 Å². The van der Waals surface area contributed by atoms with Crippen LogP contribution in [0.1, 0.15) is 0 Å². The Morgan fingerprint density at radius 1 is 1.20 bits per heavy atom. The zero-order valence-corrected chi connectivity index (χ0v) is 6.86. The van der Waals surface area contributed by atoms with Crippen LogP contribution in [0.4, 0.5) is 0 Å². The van der Waals surface area contributed by atoms with E-state index < -0.39 is 0 Å². The first kappa shape index (κ1) is 15.9. The van der Waals surface area contributed by atoms with Gasteiger partial charge in [-0.15, -0.1) is 12.4 Å². The molecule has 0 rings (SSSR count). The van der Waals surface area contributed by atoms with Gasteiger partial charge in [0, 0.05) is 26.2 Å². The van der Waals surface area contributed by atoms with Gasteiger partial charge in [-0.3, -0.25) is 0 Å². The largest absolute Gasteiger partial charge is 0.166 e. The first-order valence-electron chi connectivity index (χ1n) is 0.309. The molecule has 5 heavy (non-hydrogen) atoms. The van der Waals surface area contributed by atoms with Crippen molar-refractivity contribution < 1.29 is 30.0 Å². The molecule has 0 heterocycles. The third-order valence-corrected chi connectivity index (χ3v) is 0. The van der Waals surface area contributed by atoms with Crippen LogP contribution in [0.15, 0.2) is 0 Å². The number of rotatable bonds is 0. The summed E-state index contributed by atoms with van der Waals surface area (Å²) in [5, 5.41) is 0. The molecule has 0 aromatic carbocycles. The van der Waals surface area contributed by atoms with Crippen LogP contribution < -0.4 is 0 Å². The summed E-state index contributed by atoms with van der Waals surface area (Å²) in [5.41, 5.74) is 0. The molecule has 0 radical (unpaired) electrons. The van der Waals surface area contributed by atoms with Crippen LogP contribution >= 0.6 is 36.1 Å². The third kappa shape index (κ3) is 26.8. The van der Waals surface area contributed by atoms with Crippen LogP contribution in [0.25, 0.3) is 0 Å². The summed E-state index contributed by atoms with van der Waals surface area (Å²) in [5.74, 6) is 0. The Bertz CT molecular complexity index is 6.85. The molecule has 0 saturated heterocycles. The minimum absolute atomic E-state index is 0. The fourth-order valence-electron chi connectivity index (χ4n) is 0. The quantitative estimate of drug-likeness (QED) is 0.597. The summed E-state index contributed by atoms with van der Waals surface area (Å²) in [6, 6.07) is 0. The Morgan fingerprint density at radius 3 is 1.20 bits per heavy atom. The van der Waals surface area contributed by atoms with Gasteiger partial charge in [-0.25, -0.2) is 0 Å². The van der Waals surface area contributed by atoms with Gasteiger partial charge in [0.05, 0.1) is 23.7 Å². The molecule has 0 unspecified atom stereocenters. The van der Waals surface area contributed by atoms with Crippen LogP contribution in [0.5, 0.6) is 0 Å². The standard InChI is InChI=1S/Cl2O.ClH.Zr/c1-3-2;;/h;1H;. The average Bonchev–Trinajstić information content (AvgIpc) is 0.918. The number of hydrogen-bond donors (Lipinski definition) is 0. The Hall–Kier alpha value is 1.71. The molecule has 0 aliphatic carbocycles. The molecule has 32 valence electrons. The zero-order valence-electron chi connectivity index (χ0n) is 2.07. The van der Waals surface area contributed by atoms with E-state index in [0.717, 1.165) is 0 Å². The van der Waals surface area contributed by atoms with Crippen LogP contribution in [-0.4, -0.2) is 0 Å². The summed E-state index contributed by atoms with van der Waals surface area (Å²) in [4.78, 5) is 0. The van der Waals surface area contributed by atoms with Crippen LogP contribution in [0.3, 0.4) is 0 Å². The molecule has 0 atom stereocenters. The van der Waals surface area contributed by atoms with Gasteiger partial charge in [0.2, 0.25) is 0 Å². The van der Waals surface area contributed by atoms with Crippen LogP contribution in [0, 0.1) is 0 Å². The minimum Gasteiger partial charge on any atom is -0.166 e. The second-order valence-electron chi connectivity index (χ2n) is 0.0583. The number of halogens is 3. The van der Waals surface area contributed by atoms with Gasteiger partial charge in [0.1, 0.15) is 0 Å². The maximum atomic E-state index is 4.26. The number of hydrogen-bond acceptors (Lipinski definition) is 1. The molecular weight excluding hydrogens is 214 g/mol. The summed E-state index contributed by atoms with van der Waals surface area (Å²) in [6.07, 6.45) is 0. The maximum absolute atomic E-state index is 4.26. The fourth-order valence-corrected chi connectivity index (χ4v) is 0. The molecule has 0 aromatic heterocycles. The van der Waals surface area contributed by atoms with E-state index in [1.807, 2.05) is 0 Å². The topological polar surface area (TPSA) is 9.23 Å². The first-order chi connectivity index (χ1) is 1.41. The van der Waals surface area contributed by atoms with Gasteiger partial charge in [-0.2, -0.15) is 3.84 Å². The Kier molecular flexibility index (Phi) is 54.8. The van der Waals surface area contributed by atoms with Gasteiger partial charge in [-0.05, 0) is 0 Å². The molecule has 0 aliphatic heterocycles. The smallest absolute Gasteiger partial charge is 0.0832 e. The van der Waals surface area contributed by atoms with Crippen molar-refractivity contribution in [2.75, 3.05) is 0 Å². The minimum atomic E-state index is 0. The van der Waals surface area contributed by atoms with Crippen molar-refractivity contribution in [3.05, 3.63) is 0 Å². The molecule has 0 spiro atoms. The van der Waals surface area contributed by atoms with Crippen molar-refractivity contribution in [1.29, 1.82) is 0 Å². The average molecular weight is 215 g/mol. The Balaban J connectivity index is -0.0000000200. The molecule has 5 heteroatoms. The SMILES string of the molecule is Cl.ClOCl.[Zr]. The molecule has 0 saturated carbocycles. The molecule has 0 amide bonds. The summed E-state index contributed by atoms with van der Waals surface area (Å²) < 4.78 is 3.19. The predicted molar refractivity (Wildman–Crippen MR) is 20.0 cm³/mol. The van der Waals surface area contributed by atoms with E-state index in [1.165, 1.54) is 0 Å². The second-order valence-corrected chi connectivity index (χ2v) is 0.525. The molecule has 1 nitrogen and oxygen atoms in total. The van der Waals surface area contributed by atoms with Crippen molar-refractivity contribution in [3.8, 4) is 0 Å². The van der Waals surface area contributed by atoms with E-state index in [4.69, 9.17) is 0 Å². The molecule has 0 bridgehead atoms. The third-order valence-electron chi connectivity index (χ3n) is 0. The maximum Gasteiger partial charge on any atom is 0.0832 e. The van der Waals surface area contributed by atoms with Gasteiger partial charge in [0.15, 0.2) is 0 Å². The van der Waals surface area contributed by atoms with E-state index in [9.17, 15) is 0 Å². The normalized spacial score (nSPS) is 3.60. The zero-order chi connectivity index (χ0) is 2.71. The molecule has 0 aromatic rings. The van der Waals surface area contributed by atoms with E-state index >= 15 is 0 Å². The van der Waals surface area contributed by atoms with E-state index in [0.29, 0.717) is 0 Å².